The molecule has 4 amide bonds. The lowest BCUT2D eigenvalue weighted by atomic mass is 9.82. The third-order valence-corrected chi connectivity index (χ3v) is 7.13. The van der Waals surface area contributed by atoms with Gasteiger partial charge in [-0.05, 0) is 48.4 Å². The molecule has 1 heterocycles. The molecule has 4 aromatic rings. The highest BCUT2D eigenvalue weighted by Gasteiger charge is 2.54. The second-order valence-corrected chi connectivity index (χ2v) is 9.84. The lowest BCUT2D eigenvalue weighted by Gasteiger charge is -2.28. The maximum Gasteiger partial charge on any atom is 0.325 e. The number of ketones is 1. The van der Waals surface area contributed by atoms with Gasteiger partial charge in [-0.3, -0.25) is 19.3 Å². The molecule has 8 nitrogen and oxygen atoms in total. The number of hydrogen-bond acceptors (Lipinski definition) is 5. The van der Waals surface area contributed by atoms with Gasteiger partial charge in [0.15, 0.2) is 11.3 Å². The van der Waals surface area contributed by atoms with Crippen LogP contribution in [-0.4, -0.2) is 42.2 Å². The predicted octanol–water partition coefficient (Wildman–Crippen LogP) is 4.86. The minimum Gasteiger partial charge on any atom is -0.496 e. The number of carbonyl (C=O) groups is 4. The van der Waals surface area contributed by atoms with Crippen molar-refractivity contribution in [3.63, 3.8) is 0 Å². The number of anilines is 1. The van der Waals surface area contributed by atoms with Gasteiger partial charge in [0, 0.05) is 16.8 Å². The highest BCUT2D eigenvalue weighted by atomic mass is 16.5. The topological polar surface area (TPSA) is 105 Å². The van der Waals surface area contributed by atoms with Crippen molar-refractivity contribution in [1.29, 1.82) is 0 Å². The van der Waals surface area contributed by atoms with E-state index in [2.05, 4.69) is 10.6 Å². The summed E-state index contributed by atoms with van der Waals surface area (Å²) in [7, 11) is 1.55. The van der Waals surface area contributed by atoms with Gasteiger partial charge in [0.1, 0.15) is 5.75 Å². The van der Waals surface area contributed by atoms with E-state index >= 15 is 0 Å². The molecule has 2 N–H and O–H groups in total. The summed E-state index contributed by atoms with van der Waals surface area (Å²) < 4.78 is 5.30. The van der Waals surface area contributed by atoms with Crippen LogP contribution in [0.2, 0.25) is 0 Å². The molecule has 206 valence electrons. The molecule has 1 aliphatic rings. The van der Waals surface area contributed by atoms with Crippen molar-refractivity contribution in [3.8, 4) is 5.75 Å². The SMILES string of the molecule is COc1ccccc1CC(=O)Nc1ccc(C(=O)CN2C(=O)NC(c3ccccc3)(c3ccc(C)cc3)C2=O)cc1. The zero-order valence-electron chi connectivity index (χ0n) is 22.7. The molecule has 0 spiro atoms. The Hall–Kier alpha value is -5.24. The standard InChI is InChI=1S/C33H29N3O5/c1-22-12-16-26(17-13-22)33(25-9-4-3-5-10-25)31(39)36(32(40)35-33)21-28(37)23-14-18-27(19-15-23)34-30(38)20-24-8-6-7-11-29(24)41-2/h3-19H,20-21H2,1-2H3,(H,34,38)(H,35,40). The summed E-state index contributed by atoms with van der Waals surface area (Å²) in [5.41, 5.74) is 2.35. The van der Waals surface area contributed by atoms with E-state index in [0.717, 1.165) is 16.0 Å². The highest BCUT2D eigenvalue weighted by Crippen LogP contribution is 2.36. The number of rotatable bonds is 9. The molecule has 0 radical (unpaired) electrons. The Morgan fingerprint density at radius 2 is 1.46 bits per heavy atom. The molecule has 0 bridgehead atoms. The fourth-order valence-electron chi connectivity index (χ4n) is 4.97. The first-order valence-electron chi connectivity index (χ1n) is 13.1. The van der Waals surface area contributed by atoms with Crippen molar-refractivity contribution in [3.05, 3.63) is 131 Å². The van der Waals surface area contributed by atoms with Crippen LogP contribution < -0.4 is 15.4 Å². The third kappa shape index (κ3) is 5.45. The number of methoxy groups -OCH3 is 1. The molecule has 8 heteroatoms. The molecule has 0 aromatic heterocycles. The fourth-order valence-corrected chi connectivity index (χ4v) is 4.97. The monoisotopic (exact) mass is 547 g/mol. The van der Waals surface area contributed by atoms with Gasteiger partial charge in [-0.15, -0.1) is 0 Å². The van der Waals surface area contributed by atoms with Crippen LogP contribution in [0.4, 0.5) is 10.5 Å². The summed E-state index contributed by atoms with van der Waals surface area (Å²) in [4.78, 5) is 53.7. The Labute approximate surface area is 238 Å². The summed E-state index contributed by atoms with van der Waals surface area (Å²) >= 11 is 0. The van der Waals surface area contributed by atoms with E-state index in [4.69, 9.17) is 4.74 Å². The van der Waals surface area contributed by atoms with Gasteiger partial charge >= 0.3 is 6.03 Å². The van der Waals surface area contributed by atoms with E-state index in [1.165, 1.54) is 0 Å². The number of carbonyl (C=O) groups excluding carboxylic acids is 4. The number of nitrogens with zero attached hydrogens (tertiary/aromatic N) is 1. The number of ether oxygens (including phenoxy) is 1. The number of Topliss-reactive ketones (excluding diaryl/α,β-unsaturated/α-hetero) is 1. The van der Waals surface area contributed by atoms with Crippen LogP contribution >= 0.6 is 0 Å². The average Bonchev–Trinajstić information content (AvgIpc) is 3.24. The fraction of sp³-hybridized carbons (Fsp3) is 0.152. The smallest absolute Gasteiger partial charge is 0.325 e. The van der Waals surface area contributed by atoms with Crippen LogP contribution in [0.5, 0.6) is 5.75 Å². The van der Waals surface area contributed by atoms with Gasteiger partial charge in [0.25, 0.3) is 5.91 Å². The van der Waals surface area contributed by atoms with Gasteiger partial charge in [0.05, 0.1) is 20.1 Å². The van der Waals surface area contributed by atoms with E-state index in [1.807, 2.05) is 55.5 Å². The van der Waals surface area contributed by atoms with Gasteiger partial charge in [-0.25, -0.2) is 4.79 Å². The molecule has 1 unspecified atom stereocenters. The zero-order chi connectivity index (χ0) is 29.0. The quantitative estimate of drug-likeness (QED) is 0.230. The third-order valence-electron chi connectivity index (χ3n) is 7.13. The summed E-state index contributed by atoms with van der Waals surface area (Å²) in [5.74, 6) is -0.539. The lowest BCUT2D eigenvalue weighted by Crippen LogP contribution is -2.45. The Bertz CT molecular complexity index is 1600. The molecule has 0 saturated carbocycles. The number of para-hydroxylation sites is 1. The number of amides is 4. The minimum absolute atomic E-state index is 0.126. The Morgan fingerprint density at radius 3 is 2.15 bits per heavy atom. The number of urea groups is 1. The zero-order valence-corrected chi connectivity index (χ0v) is 22.7. The maximum absolute atomic E-state index is 13.9. The van der Waals surface area contributed by atoms with Gasteiger partial charge in [-0.2, -0.15) is 0 Å². The normalized spacial score (nSPS) is 16.3. The number of nitrogens with one attached hydrogen (secondary N) is 2. The second kappa shape index (κ2) is 11.5. The van der Waals surface area contributed by atoms with Gasteiger partial charge < -0.3 is 15.4 Å². The van der Waals surface area contributed by atoms with Crippen LogP contribution in [-0.2, 0) is 21.5 Å². The molecule has 1 saturated heterocycles. The Kier molecular flexibility index (Phi) is 7.65. The van der Waals surface area contributed by atoms with E-state index in [0.29, 0.717) is 28.1 Å². The van der Waals surface area contributed by atoms with Gasteiger partial charge in [-0.1, -0.05) is 78.4 Å². The molecule has 4 aromatic carbocycles. The second-order valence-electron chi connectivity index (χ2n) is 9.84. The van der Waals surface area contributed by atoms with E-state index < -0.39 is 29.8 Å². The van der Waals surface area contributed by atoms with E-state index in [9.17, 15) is 19.2 Å². The van der Waals surface area contributed by atoms with Crippen LogP contribution in [0.1, 0.15) is 32.6 Å². The largest absolute Gasteiger partial charge is 0.496 e. The lowest BCUT2D eigenvalue weighted by molar-refractivity contribution is -0.130. The summed E-state index contributed by atoms with van der Waals surface area (Å²) in [6.07, 6.45) is 0.126. The highest BCUT2D eigenvalue weighted by molar-refractivity contribution is 6.13. The maximum atomic E-state index is 13.9. The summed E-state index contributed by atoms with van der Waals surface area (Å²) in [6, 6.07) is 29.4. The van der Waals surface area contributed by atoms with Crippen molar-refractivity contribution >= 4 is 29.3 Å². The molecule has 1 aliphatic heterocycles. The van der Waals surface area contributed by atoms with E-state index in [-0.39, 0.29) is 12.3 Å². The van der Waals surface area contributed by atoms with Crippen molar-refractivity contribution in [1.82, 2.24) is 10.2 Å². The number of benzene rings is 4. The molecule has 41 heavy (non-hydrogen) atoms. The molecule has 0 aliphatic carbocycles. The molecular weight excluding hydrogens is 518 g/mol. The predicted molar refractivity (Wildman–Crippen MR) is 155 cm³/mol. The first-order chi connectivity index (χ1) is 19.8. The van der Waals surface area contributed by atoms with Crippen LogP contribution in [0.25, 0.3) is 0 Å². The van der Waals surface area contributed by atoms with Crippen molar-refractivity contribution < 1.29 is 23.9 Å². The molecule has 5 rings (SSSR count). The van der Waals surface area contributed by atoms with Crippen molar-refractivity contribution in [2.45, 2.75) is 18.9 Å². The Morgan fingerprint density at radius 1 is 0.829 bits per heavy atom. The minimum atomic E-state index is -1.44. The van der Waals surface area contributed by atoms with E-state index in [1.54, 1.807) is 61.7 Å². The molecule has 1 fully saturated rings. The van der Waals surface area contributed by atoms with Crippen molar-refractivity contribution in [2.75, 3.05) is 19.0 Å². The van der Waals surface area contributed by atoms with Crippen molar-refractivity contribution in [2.24, 2.45) is 0 Å². The molecule has 1 atom stereocenters. The average molecular weight is 548 g/mol. The first kappa shape index (κ1) is 27.3. The number of imide groups is 1. The molecular formula is C33H29N3O5. The number of aryl methyl sites for hydroxylation is 1. The number of hydrogen-bond donors (Lipinski definition) is 2. The summed E-state index contributed by atoms with van der Waals surface area (Å²) in [5, 5.41) is 5.68. The Balaban J connectivity index is 1.31. The first-order valence-corrected chi connectivity index (χ1v) is 13.1. The van der Waals surface area contributed by atoms with Crippen LogP contribution in [0, 0.1) is 6.92 Å². The van der Waals surface area contributed by atoms with Gasteiger partial charge in [0.2, 0.25) is 5.91 Å². The van der Waals surface area contributed by atoms with Crippen LogP contribution in [0.3, 0.4) is 0 Å². The summed E-state index contributed by atoms with van der Waals surface area (Å²) in [6.45, 7) is 1.51. The van der Waals surface area contributed by atoms with Crippen LogP contribution in [0.15, 0.2) is 103 Å².